The Balaban J connectivity index is 0. The van der Waals surface area contributed by atoms with Gasteiger partial charge in [-0.1, -0.05) is 45.4 Å². The maximum atomic E-state index is 14.2. The minimum atomic E-state index is -8.83. The van der Waals surface area contributed by atoms with Gasteiger partial charge in [0.1, 0.15) is 15.4 Å². The summed E-state index contributed by atoms with van der Waals surface area (Å²) in [7, 11) is -6.88. The van der Waals surface area contributed by atoms with Gasteiger partial charge in [-0.25, -0.2) is 8.42 Å². The van der Waals surface area contributed by atoms with E-state index in [2.05, 4.69) is 0 Å². The third-order valence-electron chi connectivity index (χ3n) is 5.32. The molecule has 230 valence electrons. The molecule has 0 fully saturated rings. The Kier molecular flexibility index (Phi) is 13.1. The smallest absolute Gasteiger partial charge is 0.748 e. The maximum Gasteiger partial charge on any atom is 1.00 e. The first-order valence-electron chi connectivity index (χ1n) is 10.1. The van der Waals surface area contributed by atoms with Crippen LogP contribution in [-0.4, -0.2) is 65.9 Å². The van der Waals surface area contributed by atoms with Crippen molar-refractivity contribution >= 4 is 10.1 Å². The first-order chi connectivity index (χ1) is 16.4. The zero-order valence-corrected chi connectivity index (χ0v) is 22.4. The Labute approximate surface area is 231 Å². The van der Waals surface area contributed by atoms with E-state index in [1.807, 2.05) is 0 Å². The molecule has 0 unspecified atom stereocenters. The molecule has 0 saturated carbocycles. The zero-order chi connectivity index (χ0) is 31.0. The van der Waals surface area contributed by atoms with Crippen molar-refractivity contribution in [1.82, 2.24) is 0 Å². The minimum absolute atomic E-state index is 0. The molecule has 0 rings (SSSR count). The molecular formula is C17H18F17NaO3S. The fourth-order valence-electron chi connectivity index (χ4n) is 3.00. The monoisotopic (exact) mass is 648 g/mol. The molecule has 0 aliphatic carbocycles. The summed E-state index contributed by atoms with van der Waals surface area (Å²) in [6.07, 6.45) is -9.66. The number of hydrogen-bond acceptors (Lipinski definition) is 3. The SMILES string of the molecule is CCCCCCCC[C@@H](C(F)(F)C(F)(F)C(F)(F)C(F)(F)C(F)(F)C(F)(F)C(F)(F)C(F)(F)F)S(=O)(=O)[O-].[Na+]. The average molecular weight is 648 g/mol. The maximum absolute atomic E-state index is 14.2. The van der Waals surface area contributed by atoms with Crippen molar-refractivity contribution < 1.29 is 117 Å². The van der Waals surface area contributed by atoms with Gasteiger partial charge in [0.15, 0.2) is 0 Å². The van der Waals surface area contributed by atoms with E-state index < -0.39 is 75.8 Å². The predicted octanol–water partition coefficient (Wildman–Crippen LogP) is 4.66. The van der Waals surface area contributed by atoms with Gasteiger partial charge in [0.2, 0.25) is 0 Å². The number of halogens is 17. The van der Waals surface area contributed by atoms with Crippen molar-refractivity contribution in [2.45, 2.75) is 105 Å². The molecule has 0 heterocycles. The van der Waals surface area contributed by atoms with Crippen LogP contribution in [0.5, 0.6) is 0 Å². The summed E-state index contributed by atoms with van der Waals surface area (Å²) in [4.78, 5) is 0. The van der Waals surface area contributed by atoms with Crippen molar-refractivity contribution in [3.05, 3.63) is 0 Å². The number of hydrogen-bond donors (Lipinski definition) is 0. The van der Waals surface area contributed by atoms with Crippen LogP contribution in [0.3, 0.4) is 0 Å². The van der Waals surface area contributed by atoms with E-state index >= 15 is 0 Å². The third kappa shape index (κ3) is 7.03. The van der Waals surface area contributed by atoms with E-state index in [1.165, 1.54) is 0 Å². The quantitative estimate of drug-likeness (QED) is 0.112. The number of alkyl halides is 17. The van der Waals surface area contributed by atoms with E-state index in [4.69, 9.17) is 0 Å². The molecule has 0 aliphatic rings. The van der Waals surface area contributed by atoms with Crippen LogP contribution in [0.1, 0.15) is 51.9 Å². The van der Waals surface area contributed by atoms with Gasteiger partial charge in [0.25, 0.3) is 0 Å². The second-order valence-corrected chi connectivity index (χ2v) is 9.66. The van der Waals surface area contributed by atoms with Crippen LogP contribution in [0.2, 0.25) is 0 Å². The van der Waals surface area contributed by atoms with Crippen molar-refractivity contribution in [3.63, 3.8) is 0 Å². The van der Waals surface area contributed by atoms with Crippen molar-refractivity contribution in [3.8, 4) is 0 Å². The molecule has 0 N–H and O–H groups in total. The number of rotatable bonds is 15. The molecule has 22 heteroatoms. The van der Waals surface area contributed by atoms with Gasteiger partial charge < -0.3 is 4.55 Å². The van der Waals surface area contributed by atoms with Crippen LogP contribution >= 0.6 is 0 Å². The molecule has 0 aromatic carbocycles. The molecule has 39 heavy (non-hydrogen) atoms. The summed E-state index contributed by atoms with van der Waals surface area (Å²) < 4.78 is 260. The third-order valence-corrected chi connectivity index (χ3v) is 6.55. The van der Waals surface area contributed by atoms with Crippen molar-refractivity contribution in [1.29, 1.82) is 0 Å². The average Bonchev–Trinajstić information content (AvgIpc) is 2.70. The molecule has 1 atom stereocenters. The van der Waals surface area contributed by atoms with Gasteiger partial charge >= 0.3 is 77.2 Å². The van der Waals surface area contributed by atoms with Crippen LogP contribution in [-0.2, 0) is 10.1 Å². The molecule has 0 aliphatic heterocycles. The van der Waals surface area contributed by atoms with Crippen LogP contribution in [0.4, 0.5) is 74.6 Å². The topological polar surface area (TPSA) is 57.2 Å². The fraction of sp³-hybridized carbons (Fsp3) is 1.00. The first kappa shape index (κ1) is 40.9. The van der Waals surface area contributed by atoms with E-state index in [0.717, 1.165) is 0 Å². The van der Waals surface area contributed by atoms with Gasteiger partial charge in [0, 0.05) is 0 Å². The predicted molar refractivity (Wildman–Crippen MR) is 92.2 cm³/mol. The molecular weight excluding hydrogens is 630 g/mol. The Morgan fingerprint density at radius 3 is 1.18 bits per heavy atom. The number of unbranched alkanes of at least 4 members (excludes halogenated alkanes) is 5. The summed E-state index contributed by atoms with van der Waals surface area (Å²) in [6.45, 7) is 1.68. The summed E-state index contributed by atoms with van der Waals surface area (Å²) in [5, 5.41) is -4.57. The molecule has 0 aromatic rings. The molecule has 0 saturated heterocycles. The zero-order valence-electron chi connectivity index (χ0n) is 19.6. The molecule has 0 aromatic heterocycles. The van der Waals surface area contributed by atoms with E-state index in [9.17, 15) is 87.6 Å². The van der Waals surface area contributed by atoms with Crippen LogP contribution in [0.25, 0.3) is 0 Å². The summed E-state index contributed by atoms with van der Waals surface area (Å²) in [5.41, 5.74) is 0. The van der Waals surface area contributed by atoms with Crippen molar-refractivity contribution in [2.24, 2.45) is 0 Å². The largest absolute Gasteiger partial charge is 1.00 e. The molecule has 0 amide bonds. The summed E-state index contributed by atoms with van der Waals surface area (Å²) in [5.74, 6) is -58.7. The van der Waals surface area contributed by atoms with Crippen LogP contribution < -0.4 is 29.6 Å². The Bertz CT molecular complexity index is 903. The van der Waals surface area contributed by atoms with Crippen molar-refractivity contribution in [2.75, 3.05) is 0 Å². The standard InChI is InChI=1S/C17H19F17O3S.Na/c1-2-3-4-5-6-7-8-9(38(35,36)37)10(18,19)11(20,21)12(22,23)13(24,25)14(26,27)15(28,29)16(30,31)17(32,33)34;/h9H,2-8H2,1H3,(H,35,36,37);/q;+1/p-1/t9-;/m0./s1. The van der Waals surface area contributed by atoms with Gasteiger partial charge in [0.05, 0.1) is 0 Å². The Morgan fingerprint density at radius 1 is 0.538 bits per heavy atom. The normalized spacial score (nSPS) is 16.2. The van der Waals surface area contributed by atoms with E-state index in [0.29, 0.717) is 19.3 Å². The van der Waals surface area contributed by atoms with Crippen LogP contribution in [0.15, 0.2) is 0 Å². The second kappa shape index (κ2) is 12.5. The van der Waals surface area contributed by atoms with Gasteiger partial charge in [-0.15, -0.1) is 0 Å². The first-order valence-corrected chi connectivity index (χ1v) is 11.6. The summed E-state index contributed by atoms with van der Waals surface area (Å²) in [6, 6.07) is 0. The molecule has 3 nitrogen and oxygen atoms in total. The fourth-order valence-corrected chi connectivity index (χ4v) is 3.96. The van der Waals surface area contributed by atoms with Crippen LogP contribution in [0, 0.1) is 0 Å². The van der Waals surface area contributed by atoms with E-state index in [-0.39, 0.29) is 42.4 Å². The molecule has 0 radical (unpaired) electrons. The second-order valence-electron chi connectivity index (χ2n) is 8.10. The Morgan fingerprint density at radius 2 is 0.846 bits per heavy atom. The van der Waals surface area contributed by atoms with Gasteiger partial charge in [-0.3, -0.25) is 0 Å². The van der Waals surface area contributed by atoms with Gasteiger partial charge in [-0.05, 0) is 6.42 Å². The molecule has 0 spiro atoms. The van der Waals surface area contributed by atoms with Gasteiger partial charge in [-0.2, -0.15) is 74.6 Å². The van der Waals surface area contributed by atoms with E-state index in [1.54, 1.807) is 6.92 Å². The molecule has 0 bridgehead atoms. The summed E-state index contributed by atoms with van der Waals surface area (Å²) >= 11 is 0. The minimum Gasteiger partial charge on any atom is -0.748 e. The Hall–Kier alpha value is -0.280.